The predicted octanol–water partition coefficient (Wildman–Crippen LogP) is 2.73. The van der Waals surface area contributed by atoms with Crippen LogP contribution >= 0.6 is 0 Å². The van der Waals surface area contributed by atoms with E-state index in [1.165, 1.54) is 29.8 Å². The summed E-state index contributed by atoms with van der Waals surface area (Å²) in [6.07, 6.45) is 5.49. The van der Waals surface area contributed by atoms with Crippen LogP contribution in [0.25, 0.3) is 0 Å². The Labute approximate surface area is 112 Å². The molecule has 0 saturated heterocycles. The van der Waals surface area contributed by atoms with E-state index < -0.39 is 0 Å². The normalized spacial score (nSPS) is 18.3. The molecule has 2 aromatic rings. The number of halogens is 1. The largest absolute Gasteiger partial charge is 0.306 e. The molecule has 1 atom stereocenters. The molecule has 0 fully saturated rings. The number of benzene rings is 1. The lowest BCUT2D eigenvalue weighted by Gasteiger charge is -2.22. The molecule has 0 bridgehead atoms. The summed E-state index contributed by atoms with van der Waals surface area (Å²) in [5.74, 6) is -0.184. The van der Waals surface area contributed by atoms with E-state index in [1.807, 2.05) is 23.9 Å². The van der Waals surface area contributed by atoms with Crippen LogP contribution in [0.2, 0.25) is 0 Å². The van der Waals surface area contributed by atoms with Gasteiger partial charge in [-0.25, -0.2) is 4.39 Å². The van der Waals surface area contributed by atoms with Crippen LogP contribution in [-0.2, 0) is 20.0 Å². The van der Waals surface area contributed by atoms with Crippen LogP contribution in [-0.4, -0.2) is 9.78 Å². The first-order valence-electron chi connectivity index (χ1n) is 6.72. The van der Waals surface area contributed by atoms with Gasteiger partial charge in [-0.3, -0.25) is 4.68 Å². The molecule has 1 aromatic carbocycles. The molecule has 1 aromatic heterocycles. The Bertz CT molecular complexity index is 559. The van der Waals surface area contributed by atoms with Gasteiger partial charge in [0, 0.05) is 31.4 Å². The quantitative estimate of drug-likeness (QED) is 0.918. The second kappa shape index (κ2) is 5.13. The van der Waals surface area contributed by atoms with Gasteiger partial charge in [-0.2, -0.15) is 5.10 Å². The van der Waals surface area contributed by atoms with Crippen molar-refractivity contribution in [2.45, 2.75) is 31.8 Å². The summed E-state index contributed by atoms with van der Waals surface area (Å²) in [5, 5.41) is 8.05. The zero-order chi connectivity index (χ0) is 13.2. The molecular weight excluding hydrogens is 241 g/mol. The van der Waals surface area contributed by atoms with Crippen LogP contribution in [0, 0.1) is 5.82 Å². The molecule has 4 heteroatoms. The third-order valence-corrected chi connectivity index (χ3v) is 3.69. The SMILES string of the molecule is Cn1cc2c(n1)CCCC2NCc1ccc(F)cc1. The van der Waals surface area contributed by atoms with E-state index >= 15 is 0 Å². The van der Waals surface area contributed by atoms with Crippen molar-refractivity contribution >= 4 is 0 Å². The van der Waals surface area contributed by atoms with Crippen LogP contribution in [0.1, 0.15) is 35.7 Å². The minimum Gasteiger partial charge on any atom is -0.306 e. The third kappa shape index (κ3) is 2.68. The summed E-state index contributed by atoms with van der Waals surface area (Å²) in [4.78, 5) is 0. The molecule has 1 N–H and O–H groups in total. The number of fused-ring (bicyclic) bond motifs is 1. The Morgan fingerprint density at radius 2 is 2.16 bits per heavy atom. The monoisotopic (exact) mass is 259 g/mol. The van der Waals surface area contributed by atoms with E-state index in [9.17, 15) is 4.39 Å². The van der Waals surface area contributed by atoms with Gasteiger partial charge in [-0.05, 0) is 37.0 Å². The fourth-order valence-electron chi connectivity index (χ4n) is 2.72. The first-order valence-corrected chi connectivity index (χ1v) is 6.72. The molecule has 19 heavy (non-hydrogen) atoms. The van der Waals surface area contributed by atoms with Gasteiger partial charge in [0.15, 0.2) is 0 Å². The van der Waals surface area contributed by atoms with Gasteiger partial charge in [0.2, 0.25) is 0 Å². The maximum Gasteiger partial charge on any atom is 0.123 e. The highest BCUT2D eigenvalue weighted by molar-refractivity contribution is 5.24. The van der Waals surface area contributed by atoms with E-state index in [2.05, 4.69) is 16.6 Å². The smallest absolute Gasteiger partial charge is 0.123 e. The molecule has 0 radical (unpaired) electrons. The van der Waals surface area contributed by atoms with E-state index in [0.29, 0.717) is 6.04 Å². The molecule has 0 amide bonds. The summed E-state index contributed by atoms with van der Waals surface area (Å²) in [5.41, 5.74) is 3.64. The van der Waals surface area contributed by atoms with Crippen molar-refractivity contribution in [3.63, 3.8) is 0 Å². The zero-order valence-electron chi connectivity index (χ0n) is 11.1. The maximum absolute atomic E-state index is 12.9. The van der Waals surface area contributed by atoms with Crippen molar-refractivity contribution in [1.29, 1.82) is 0 Å². The van der Waals surface area contributed by atoms with Gasteiger partial charge in [0.05, 0.1) is 5.69 Å². The van der Waals surface area contributed by atoms with E-state index in [0.717, 1.165) is 24.9 Å². The molecule has 1 aliphatic rings. The summed E-state index contributed by atoms with van der Waals surface area (Å²) in [6, 6.07) is 7.04. The molecule has 1 aliphatic carbocycles. The molecule has 3 rings (SSSR count). The molecular formula is C15H18FN3. The van der Waals surface area contributed by atoms with Crippen LogP contribution in [0.4, 0.5) is 4.39 Å². The van der Waals surface area contributed by atoms with E-state index in [-0.39, 0.29) is 5.82 Å². The molecule has 100 valence electrons. The third-order valence-electron chi connectivity index (χ3n) is 3.69. The number of rotatable bonds is 3. The summed E-state index contributed by atoms with van der Waals surface area (Å²) in [6.45, 7) is 0.763. The number of nitrogens with zero attached hydrogens (tertiary/aromatic N) is 2. The van der Waals surface area contributed by atoms with Crippen molar-refractivity contribution in [1.82, 2.24) is 15.1 Å². The Hall–Kier alpha value is -1.68. The maximum atomic E-state index is 12.9. The Balaban J connectivity index is 1.69. The number of nitrogens with one attached hydrogen (secondary N) is 1. The summed E-state index contributed by atoms with van der Waals surface area (Å²) < 4.78 is 14.7. The second-order valence-corrected chi connectivity index (χ2v) is 5.16. The zero-order valence-corrected chi connectivity index (χ0v) is 11.1. The van der Waals surface area contributed by atoms with Crippen molar-refractivity contribution in [2.75, 3.05) is 0 Å². The van der Waals surface area contributed by atoms with E-state index in [1.54, 1.807) is 0 Å². The van der Waals surface area contributed by atoms with Crippen LogP contribution in [0.3, 0.4) is 0 Å². The average molecular weight is 259 g/mol. The minimum absolute atomic E-state index is 0.184. The van der Waals surface area contributed by atoms with E-state index in [4.69, 9.17) is 0 Å². The first kappa shape index (κ1) is 12.4. The van der Waals surface area contributed by atoms with Gasteiger partial charge in [-0.1, -0.05) is 12.1 Å². The first-order chi connectivity index (χ1) is 9.22. The highest BCUT2D eigenvalue weighted by atomic mass is 19.1. The van der Waals surface area contributed by atoms with Gasteiger partial charge in [0.1, 0.15) is 5.82 Å². The number of hydrogen-bond acceptors (Lipinski definition) is 2. The molecule has 1 heterocycles. The number of hydrogen-bond donors (Lipinski definition) is 1. The lowest BCUT2D eigenvalue weighted by Crippen LogP contribution is -2.24. The van der Waals surface area contributed by atoms with Crippen molar-refractivity contribution in [2.24, 2.45) is 7.05 Å². The predicted molar refractivity (Wildman–Crippen MR) is 72.1 cm³/mol. The van der Waals surface area contributed by atoms with Crippen LogP contribution < -0.4 is 5.32 Å². The molecule has 0 saturated carbocycles. The Morgan fingerprint density at radius 3 is 2.95 bits per heavy atom. The highest BCUT2D eigenvalue weighted by Gasteiger charge is 2.22. The average Bonchev–Trinajstić information content (AvgIpc) is 2.79. The van der Waals surface area contributed by atoms with Crippen molar-refractivity contribution in [3.8, 4) is 0 Å². The van der Waals surface area contributed by atoms with Crippen LogP contribution in [0.15, 0.2) is 30.5 Å². The molecule has 0 spiro atoms. The highest BCUT2D eigenvalue weighted by Crippen LogP contribution is 2.28. The van der Waals surface area contributed by atoms with Crippen molar-refractivity contribution < 1.29 is 4.39 Å². The topological polar surface area (TPSA) is 29.9 Å². The second-order valence-electron chi connectivity index (χ2n) is 5.16. The Morgan fingerprint density at radius 1 is 1.37 bits per heavy atom. The van der Waals surface area contributed by atoms with Crippen molar-refractivity contribution in [3.05, 3.63) is 53.1 Å². The van der Waals surface area contributed by atoms with Gasteiger partial charge >= 0.3 is 0 Å². The number of aromatic nitrogens is 2. The summed E-state index contributed by atoms with van der Waals surface area (Å²) in [7, 11) is 1.97. The molecule has 3 nitrogen and oxygen atoms in total. The fraction of sp³-hybridized carbons (Fsp3) is 0.400. The molecule has 1 unspecified atom stereocenters. The van der Waals surface area contributed by atoms with Gasteiger partial charge < -0.3 is 5.32 Å². The van der Waals surface area contributed by atoms with Gasteiger partial charge in [0.25, 0.3) is 0 Å². The lowest BCUT2D eigenvalue weighted by molar-refractivity contribution is 0.457. The number of aryl methyl sites for hydroxylation is 2. The van der Waals surface area contributed by atoms with Gasteiger partial charge in [-0.15, -0.1) is 0 Å². The Kier molecular flexibility index (Phi) is 3.34. The van der Waals surface area contributed by atoms with Crippen LogP contribution in [0.5, 0.6) is 0 Å². The fourth-order valence-corrected chi connectivity index (χ4v) is 2.72. The lowest BCUT2D eigenvalue weighted by atomic mass is 9.93. The summed E-state index contributed by atoms with van der Waals surface area (Å²) >= 11 is 0. The standard InChI is InChI=1S/C15H18FN3/c1-19-10-13-14(3-2-4-15(13)18-19)17-9-11-5-7-12(16)8-6-11/h5-8,10,14,17H,2-4,9H2,1H3. The minimum atomic E-state index is -0.184. The molecule has 0 aliphatic heterocycles.